The van der Waals surface area contributed by atoms with Crippen LogP contribution in [0.5, 0.6) is 0 Å². The first-order valence-corrected chi connectivity index (χ1v) is 9.60. The van der Waals surface area contributed by atoms with Gasteiger partial charge in [-0.15, -0.1) is 0 Å². The van der Waals surface area contributed by atoms with Gasteiger partial charge in [0.25, 0.3) is 5.56 Å². The number of nitrogens with one attached hydrogen (secondary N) is 1. The Morgan fingerprint density at radius 2 is 1.79 bits per heavy atom. The zero-order valence-corrected chi connectivity index (χ0v) is 15.9. The van der Waals surface area contributed by atoms with Gasteiger partial charge in [-0.25, -0.2) is 0 Å². The van der Waals surface area contributed by atoms with Crippen molar-refractivity contribution in [3.05, 3.63) is 65.1 Å². The molecule has 0 aromatic heterocycles. The van der Waals surface area contributed by atoms with Crippen LogP contribution in [0.2, 0.25) is 0 Å². The molecule has 0 bridgehead atoms. The lowest BCUT2D eigenvalue weighted by atomic mass is 10.1. The lowest BCUT2D eigenvalue weighted by Crippen LogP contribution is -2.45. The average Bonchev–Trinajstić information content (AvgIpc) is 3.04. The molecule has 0 amide bonds. The van der Waals surface area contributed by atoms with Gasteiger partial charge in [-0.3, -0.25) is 4.79 Å². The molecule has 0 spiro atoms. The molecule has 0 saturated carbocycles. The molecule has 1 N–H and O–H groups in total. The summed E-state index contributed by atoms with van der Waals surface area (Å²) in [5.41, 5.74) is 4.05. The minimum atomic E-state index is -0.113. The molecule has 3 aliphatic heterocycles. The van der Waals surface area contributed by atoms with Gasteiger partial charge >= 0.3 is 0 Å². The van der Waals surface area contributed by atoms with Gasteiger partial charge in [0.15, 0.2) is 0 Å². The summed E-state index contributed by atoms with van der Waals surface area (Å²) < 4.78 is 7.33. The number of anilines is 1. The molecule has 3 aliphatic rings. The highest BCUT2D eigenvalue weighted by Crippen LogP contribution is 2.30. The van der Waals surface area contributed by atoms with Crippen molar-refractivity contribution in [1.29, 1.82) is 0 Å². The predicted octanol–water partition coefficient (Wildman–Crippen LogP) is 3.43. The number of ether oxygens (including phenoxy) is 1. The second-order valence-corrected chi connectivity index (χ2v) is 7.50. The van der Waals surface area contributed by atoms with Crippen molar-refractivity contribution >= 4 is 16.6 Å². The van der Waals surface area contributed by atoms with Crippen LogP contribution in [0.15, 0.2) is 59.5 Å². The molecule has 6 nitrogen and oxygen atoms in total. The van der Waals surface area contributed by atoms with Crippen molar-refractivity contribution in [3.8, 4) is 16.9 Å². The smallest absolute Gasteiger partial charge is 0.282 e. The average molecular weight is 374 g/mol. The summed E-state index contributed by atoms with van der Waals surface area (Å²) in [6, 6.07) is 15.8. The molecule has 3 heterocycles. The highest BCUT2D eigenvalue weighted by molar-refractivity contribution is 5.95. The first-order valence-electron chi connectivity index (χ1n) is 9.60. The van der Waals surface area contributed by atoms with Gasteiger partial charge in [0.1, 0.15) is 5.69 Å². The predicted molar refractivity (Wildman–Crippen MR) is 111 cm³/mol. The second-order valence-electron chi connectivity index (χ2n) is 7.50. The number of aromatic nitrogens is 3. The summed E-state index contributed by atoms with van der Waals surface area (Å²) in [7, 11) is 0. The lowest BCUT2D eigenvalue weighted by Gasteiger charge is -2.37. The molecule has 5 rings (SSSR count). The van der Waals surface area contributed by atoms with E-state index in [-0.39, 0.29) is 17.8 Å². The number of hydrogen-bond acceptors (Lipinski definition) is 4. The van der Waals surface area contributed by atoms with Crippen LogP contribution >= 0.6 is 0 Å². The Morgan fingerprint density at radius 1 is 1.04 bits per heavy atom. The van der Waals surface area contributed by atoms with Crippen LogP contribution < -0.4 is 10.5 Å². The van der Waals surface area contributed by atoms with E-state index in [4.69, 9.17) is 4.74 Å². The number of pyridine rings is 1. The van der Waals surface area contributed by atoms with Crippen LogP contribution in [0, 0.1) is 0 Å². The highest BCUT2D eigenvalue weighted by atomic mass is 16.5. The number of benzene rings is 2. The molecular weight excluding hydrogens is 352 g/mol. The van der Waals surface area contributed by atoms with Crippen LogP contribution in [-0.4, -0.2) is 40.1 Å². The molecule has 2 unspecified atom stereocenters. The third-order valence-corrected chi connectivity index (χ3v) is 5.29. The van der Waals surface area contributed by atoms with E-state index in [0.717, 1.165) is 41.1 Å². The minimum Gasteiger partial charge on any atom is -0.372 e. The largest absolute Gasteiger partial charge is 0.372 e. The molecule has 142 valence electrons. The van der Waals surface area contributed by atoms with Gasteiger partial charge in [0.2, 0.25) is 0 Å². The maximum absolute atomic E-state index is 12.9. The van der Waals surface area contributed by atoms with Crippen molar-refractivity contribution in [1.82, 2.24) is 14.8 Å². The molecular formula is C22H22N4O2. The summed E-state index contributed by atoms with van der Waals surface area (Å²) in [5, 5.41) is 5.62. The number of nitrogens with zero attached hydrogens (tertiary/aromatic N) is 3. The number of morpholine rings is 1. The Hall–Kier alpha value is -3.12. The molecule has 1 saturated heterocycles. The molecule has 2 aromatic rings. The Morgan fingerprint density at radius 3 is 2.54 bits per heavy atom. The number of aromatic amines is 1. The Balaban J connectivity index is 1.66. The van der Waals surface area contributed by atoms with Gasteiger partial charge in [0, 0.05) is 35.9 Å². The number of fused-ring (bicyclic) bond motifs is 3. The van der Waals surface area contributed by atoms with Crippen LogP contribution in [0.1, 0.15) is 13.8 Å². The first-order chi connectivity index (χ1) is 13.6. The summed E-state index contributed by atoms with van der Waals surface area (Å²) in [6.45, 7) is 5.89. The zero-order chi connectivity index (χ0) is 19.3. The van der Waals surface area contributed by atoms with E-state index in [0.29, 0.717) is 5.56 Å². The van der Waals surface area contributed by atoms with Gasteiger partial charge in [0.05, 0.1) is 23.5 Å². The lowest BCUT2D eigenvalue weighted by molar-refractivity contribution is -0.00520. The monoisotopic (exact) mass is 374 g/mol. The summed E-state index contributed by atoms with van der Waals surface area (Å²) in [6.07, 6.45) is 2.13. The third kappa shape index (κ3) is 2.77. The summed E-state index contributed by atoms with van der Waals surface area (Å²) in [4.78, 5) is 18.5. The quantitative estimate of drug-likeness (QED) is 0.584. The van der Waals surface area contributed by atoms with Crippen molar-refractivity contribution in [3.63, 3.8) is 0 Å². The maximum Gasteiger partial charge on any atom is 0.282 e. The van der Waals surface area contributed by atoms with Crippen LogP contribution in [0.25, 0.3) is 27.8 Å². The van der Waals surface area contributed by atoms with E-state index in [2.05, 4.69) is 47.0 Å². The van der Waals surface area contributed by atoms with E-state index >= 15 is 0 Å². The second kappa shape index (κ2) is 6.49. The van der Waals surface area contributed by atoms with Gasteiger partial charge in [-0.2, -0.15) is 9.78 Å². The highest BCUT2D eigenvalue weighted by Gasteiger charge is 2.24. The SMILES string of the molecule is CC1CN(c2ccc3[nH]cc4c(=O)n(-c5ccccc5)nc-4c3c2)CC(C)O1. The van der Waals surface area contributed by atoms with Crippen molar-refractivity contribution in [2.24, 2.45) is 0 Å². The third-order valence-electron chi connectivity index (χ3n) is 5.29. The van der Waals surface area contributed by atoms with Gasteiger partial charge in [-0.1, -0.05) is 18.2 Å². The van der Waals surface area contributed by atoms with E-state index in [1.54, 1.807) is 6.20 Å². The number of para-hydroxylation sites is 1. The minimum absolute atomic E-state index is 0.113. The van der Waals surface area contributed by atoms with E-state index in [1.165, 1.54) is 4.68 Å². The van der Waals surface area contributed by atoms with Crippen molar-refractivity contribution in [2.45, 2.75) is 26.1 Å². The number of hydrogen-bond donors (Lipinski definition) is 1. The topological polar surface area (TPSA) is 63.2 Å². The fourth-order valence-electron chi connectivity index (χ4n) is 4.08. The standard InChI is InChI=1S/C22H22N4O2/c1-14-12-25(13-15(2)28-14)17-8-9-20-18(10-17)21-19(11-23-20)22(27)26(24-21)16-6-4-3-5-7-16/h3-11,14-15,23H,12-13H2,1-2H3. The van der Waals surface area contributed by atoms with Crippen LogP contribution in [0.4, 0.5) is 5.69 Å². The molecule has 0 aliphatic carbocycles. The molecule has 6 heteroatoms. The van der Waals surface area contributed by atoms with Crippen LogP contribution in [-0.2, 0) is 4.74 Å². The Bertz CT molecular complexity index is 1150. The number of rotatable bonds is 2. The van der Waals surface area contributed by atoms with Crippen molar-refractivity contribution < 1.29 is 4.74 Å². The maximum atomic E-state index is 12.9. The summed E-state index contributed by atoms with van der Waals surface area (Å²) in [5.74, 6) is 0. The molecule has 2 atom stereocenters. The van der Waals surface area contributed by atoms with Crippen LogP contribution in [0.3, 0.4) is 0 Å². The van der Waals surface area contributed by atoms with E-state index < -0.39 is 0 Å². The Kier molecular flexibility index (Phi) is 3.94. The zero-order valence-electron chi connectivity index (χ0n) is 15.9. The Labute approximate surface area is 162 Å². The summed E-state index contributed by atoms with van der Waals surface area (Å²) >= 11 is 0. The van der Waals surface area contributed by atoms with Gasteiger partial charge < -0.3 is 14.6 Å². The van der Waals surface area contributed by atoms with E-state index in [9.17, 15) is 4.79 Å². The molecule has 0 radical (unpaired) electrons. The number of H-pyrrole nitrogens is 1. The molecule has 2 aromatic carbocycles. The van der Waals surface area contributed by atoms with Gasteiger partial charge in [-0.05, 0) is 44.2 Å². The fourth-order valence-corrected chi connectivity index (χ4v) is 4.08. The normalized spacial score (nSPS) is 20.1. The van der Waals surface area contributed by atoms with Crippen molar-refractivity contribution in [2.75, 3.05) is 18.0 Å². The first kappa shape index (κ1) is 17.0. The molecule has 28 heavy (non-hydrogen) atoms. The van der Waals surface area contributed by atoms with E-state index in [1.807, 2.05) is 30.3 Å². The fraction of sp³-hybridized carbons (Fsp3) is 0.273. The molecule has 1 fully saturated rings.